The van der Waals surface area contributed by atoms with Crippen molar-refractivity contribution in [3.63, 3.8) is 0 Å². The van der Waals surface area contributed by atoms with Crippen LogP contribution in [0.5, 0.6) is 0 Å². The second kappa shape index (κ2) is 7.95. The summed E-state index contributed by atoms with van der Waals surface area (Å²) >= 11 is 11.9. The summed E-state index contributed by atoms with van der Waals surface area (Å²) in [6, 6.07) is 8.54. The summed E-state index contributed by atoms with van der Waals surface area (Å²) in [5.41, 5.74) is -1.60. The lowest BCUT2D eigenvalue weighted by molar-refractivity contribution is -0.137. The van der Waals surface area contributed by atoms with Gasteiger partial charge >= 0.3 is 6.18 Å². The van der Waals surface area contributed by atoms with Crippen molar-refractivity contribution in [3.8, 4) is 0 Å². The van der Waals surface area contributed by atoms with Gasteiger partial charge in [0, 0.05) is 0 Å². The van der Waals surface area contributed by atoms with Gasteiger partial charge in [0.05, 0.1) is 33.2 Å². The van der Waals surface area contributed by atoms with Gasteiger partial charge in [0.1, 0.15) is 6.54 Å². The Labute approximate surface area is 163 Å². The van der Waals surface area contributed by atoms with Crippen LogP contribution in [0, 0.1) is 0 Å². The summed E-state index contributed by atoms with van der Waals surface area (Å²) in [4.78, 5) is 12.3. The normalized spacial score (nSPS) is 11.9. The minimum Gasteiger partial charge on any atom is -0.324 e. The van der Waals surface area contributed by atoms with E-state index in [1.54, 1.807) is 0 Å². The molecule has 0 spiro atoms. The molecule has 1 N–H and O–H groups in total. The van der Waals surface area contributed by atoms with Crippen molar-refractivity contribution >= 4 is 50.5 Å². The van der Waals surface area contributed by atoms with Crippen LogP contribution in [0.3, 0.4) is 0 Å². The van der Waals surface area contributed by atoms with E-state index >= 15 is 0 Å². The molecule has 1 amide bonds. The zero-order chi connectivity index (χ0) is 20.4. The zero-order valence-corrected chi connectivity index (χ0v) is 16.0. The highest BCUT2D eigenvalue weighted by Gasteiger charge is 2.34. The first kappa shape index (κ1) is 21.3. The monoisotopic (exact) mass is 440 g/mol. The summed E-state index contributed by atoms with van der Waals surface area (Å²) in [6.07, 6.45) is -3.85. The molecule has 27 heavy (non-hydrogen) atoms. The van der Waals surface area contributed by atoms with Crippen molar-refractivity contribution in [3.05, 3.63) is 58.1 Å². The number of hydrogen-bond donors (Lipinski definition) is 1. The summed E-state index contributed by atoms with van der Waals surface area (Å²) in [7, 11) is -3.98. The lowest BCUT2D eigenvalue weighted by atomic mass is 10.1. The standard InChI is InChI=1S/C16H13Cl2F3N2O3S/c1-27(25,26)23(13-8-4-6-11(17)15(13)18)9-14(24)22-12-7-3-2-5-10(12)16(19,20)21/h2-8H,9H2,1H3,(H,22,24). The van der Waals surface area contributed by atoms with Crippen molar-refractivity contribution in [2.45, 2.75) is 6.18 Å². The summed E-state index contributed by atoms with van der Waals surface area (Å²) in [5, 5.41) is 2.04. The van der Waals surface area contributed by atoms with E-state index in [0.717, 1.165) is 18.4 Å². The van der Waals surface area contributed by atoms with Crippen LogP contribution in [0.25, 0.3) is 0 Å². The van der Waals surface area contributed by atoms with Crippen LogP contribution < -0.4 is 9.62 Å². The second-order valence-electron chi connectivity index (χ2n) is 5.43. The molecule has 0 fully saturated rings. The maximum Gasteiger partial charge on any atom is 0.418 e. The van der Waals surface area contributed by atoms with Gasteiger partial charge in [0.2, 0.25) is 15.9 Å². The SMILES string of the molecule is CS(=O)(=O)N(CC(=O)Nc1ccccc1C(F)(F)F)c1cccc(Cl)c1Cl. The van der Waals surface area contributed by atoms with Crippen LogP contribution in [0.1, 0.15) is 5.56 Å². The molecule has 0 radical (unpaired) electrons. The number of carbonyl (C=O) groups excluding carboxylic acids is 1. The van der Waals surface area contributed by atoms with E-state index in [2.05, 4.69) is 5.32 Å². The lowest BCUT2D eigenvalue weighted by Crippen LogP contribution is -2.37. The molecule has 0 aliphatic rings. The number of hydrogen-bond acceptors (Lipinski definition) is 3. The molecule has 146 valence electrons. The third-order valence-electron chi connectivity index (χ3n) is 3.39. The number of nitrogens with one attached hydrogen (secondary N) is 1. The van der Waals surface area contributed by atoms with Crippen molar-refractivity contribution < 1.29 is 26.4 Å². The highest BCUT2D eigenvalue weighted by atomic mass is 35.5. The highest BCUT2D eigenvalue weighted by Crippen LogP contribution is 2.35. The van der Waals surface area contributed by atoms with Gasteiger partial charge in [-0.05, 0) is 24.3 Å². The molecule has 11 heteroatoms. The van der Waals surface area contributed by atoms with Gasteiger partial charge in [-0.3, -0.25) is 9.10 Å². The molecule has 0 bridgehead atoms. The van der Waals surface area contributed by atoms with E-state index in [1.165, 1.54) is 30.3 Å². The molecular formula is C16H13Cl2F3N2O3S. The van der Waals surface area contributed by atoms with E-state index in [4.69, 9.17) is 23.2 Å². The minimum atomic E-state index is -4.68. The van der Waals surface area contributed by atoms with E-state index in [0.29, 0.717) is 4.31 Å². The number of amides is 1. The summed E-state index contributed by atoms with van der Waals surface area (Å²) < 4.78 is 63.9. The van der Waals surface area contributed by atoms with Gasteiger partial charge in [0.25, 0.3) is 0 Å². The van der Waals surface area contributed by atoms with Gasteiger partial charge in [-0.15, -0.1) is 0 Å². The molecule has 2 aromatic carbocycles. The van der Waals surface area contributed by atoms with Gasteiger partial charge in [0.15, 0.2) is 0 Å². The molecule has 0 aliphatic carbocycles. The number of nitrogens with zero attached hydrogens (tertiary/aromatic N) is 1. The molecule has 2 rings (SSSR count). The van der Waals surface area contributed by atoms with Crippen LogP contribution in [0.15, 0.2) is 42.5 Å². The summed E-state index contributed by atoms with van der Waals surface area (Å²) in [5.74, 6) is -0.979. The molecular weight excluding hydrogens is 428 g/mol. The fourth-order valence-electron chi connectivity index (χ4n) is 2.23. The fourth-order valence-corrected chi connectivity index (χ4v) is 3.53. The zero-order valence-electron chi connectivity index (χ0n) is 13.7. The maximum absolute atomic E-state index is 13.0. The number of anilines is 2. The van der Waals surface area contributed by atoms with Crippen LogP contribution >= 0.6 is 23.2 Å². The molecule has 0 heterocycles. The molecule has 2 aromatic rings. The topological polar surface area (TPSA) is 66.5 Å². The summed E-state index contributed by atoms with van der Waals surface area (Å²) in [6.45, 7) is -0.787. The van der Waals surface area contributed by atoms with E-state index < -0.39 is 39.9 Å². The van der Waals surface area contributed by atoms with Gasteiger partial charge in [-0.2, -0.15) is 13.2 Å². The third-order valence-corrected chi connectivity index (χ3v) is 5.33. The number of rotatable bonds is 5. The van der Waals surface area contributed by atoms with Gasteiger partial charge in [-0.25, -0.2) is 8.42 Å². The maximum atomic E-state index is 13.0. The molecule has 5 nitrogen and oxygen atoms in total. The average molecular weight is 441 g/mol. The Bertz CT molecular complexity index is 966. The molecule has 0 aliphatic heterocycles. The molecule has 0 saturated carbocycles. The number of halogens is 5. The van der Waals surface area contributed by atoms with Crippen molar-refractivity contribution in [1.29, 1.82) is 0 Å². The van der Waals surface area contributed by atoms with E-state index in [-0.39, 0.29) is 15.7 Å². The number of sulfonamides is 1. The minimum absolute atomic E-state index is 0.0608. The Balaban J connectivity index is 2.33. The number of alkyl halides is 3. The quantitative estimate of drug-likeness (QED) is 0.748. The smallest absolute Gasteiger partial charge is 0.324 e. The van der Waals surface area contributed by atoms with Crippen molar-refractivity contribution in [2.75, 3.05) is 22.4 Å². The molecule has 0 saturated heterocycles. The predicted octanol–water partition coefficient (Wildman–Crippen LogP) is 4.42. The Morgan fingerprint density at radius 1 is 1.11 bits per heavy atom. The first-order valence-electron chi connectivity index (χ1n) is 7.29. The average Bonchev–Trinajstić information content (AvgIpc) is 2.54. The molecule has 0 aromatic heterocycles. The van der Waals surface area contributed by atoms with Crippen molar-refractivity contribution in [1.82, 2.24) is 0 Å². The second-order valence-corrected chi connectivity index (χ2v) is 8.13. The largest absolute Gasteiger partial charge is 0.418 e. The third kappa shape index (κ3) is 5.27. The van der Waals surface area contributed by atoms with Gasteiger partial charge in [-0.1, -0.05) is 41.4 Å². The van der Waals surface area contributed by atoms with Crippen LogP contribution in [0.4, 0.5) is 24.5 Å². The number of carbonyl (C=O) groups is 1. The van der Waals surface area contributed by atoms with E-state index in [1.807, 2.05) is 0 Å². The van der Waals surface area contributed by atoms with Crippen LogP contribution in [-0.4, -0.2) is 27.1 Å². The van der Waals surface area contributed by atoms with Crippen molar-refractivity contribution in [2.24, 2.45) is 0 Å². The van der Waals surface area contributed by atoms with E-state index in [9.17, 15) is 26.4 Å². The number of para-hydroxylation sites is 1. The molecule has 0 atom stereocenters. The van der Waals surface area contributed by atoms with Crippen LogP contribution in [-0.2, 0) is 21.0 Å². The van der Waals surface area contributed by atoms with Gasteiger partial charge < -0.3 is 5.32 Å². The first-order valence-corrected chi connectivity index (χ1v) is 9.89. The fraction of sp³-hybridized carbons (Fsp3) is 0.188. The Hall–Kier alpha value is -1.97. The lowest BCUT2D eigenvalue weighted by Gasteiger charge is -2.23. The highest BCUT2D eigenvalue weighted by molar-refractivity contribution is 7.92. The Morgan fingerprint density at radius 3 is 2.33 bits per heavy atom. The van der Waals surface area contributed by atoms with Crippen LogP contribution in [0.2, 0.25) is 10.0 Å². The predicted molar refractivity (Wildman–Crippen MR) is 98.7 cm³/mol. The first-order chi connectivity index (χ1) is 12.4. The number of benzene rings is 2. The molecule has 0 unspecified atom stereocenters. The Morgan fingerprint density at radius 2 is 1.74 bits per heavy atom. The Kier molecular flexibility index (Phi) is 6.28.